The van der Waals surface area contributed by atoms with Crippen LogP contribution in [0.15, 0.2) is 30.7 Å². The second-order valence-corrected chi connectivity index (χ2v) is 3.50. The van der Waals surface area contributed by atoms with Crippen molar-refractivity contribution in [1.29, 1.82) is 0 Å². The first kappa shape index (κ1) is 11.0. The summed E-state index contributed by atoms with van der Waals surface area (Å²) in [5.41, 5.74) is 3.32. The van der Waals surface area contributed by atoms with Crippen LogP contribution in [0.1, 0.15) is 11.3 Å². The van der Waals surface area contributed by atoms with E-state index in [-0.39, 0.29) is 12.4 Å². The zero-order chi connectivity index (χ0) is 10.1. The van der Waals surface area contributed by atoms with Crippen molar-refractivity contribution in [2.24, 2.45) is 0 Å². The Labute approximate surface area is 99.6 Å². The third-order valence-electron chi connectivity index (χ3n) is 2.50. The summed E-state index contributed by atoms with van der Waals surface area (Å²) in [5.74, 6) is 0.778. The Balaban J connectivity index is 0.000000963. The Morgan fingerprint density at radius 2 is 1.94 bits per heavy atom. The van der Waals surface area contributed by atoms with Crippen LogP contribution in [0.3, 0.4) is 0 Å². The predicted molar refractivity (Wildman–Crippen MR) is 63.1 cm³/mol. The molecule has 0 saturated heterocycles. The fourth-order valence-electron chi connectivity index (χ4n) is 1.70. The topological polar surface area (TPSA) is 50.7 Å². The summed E-state index contributed by atoms with van der Waals surface area (Å²) in [7, 11) is 0. The molecule has 3 heterocycles. The molecule has 0 radical (unpaired) electrons. The van der Waals surface area contributed by atoms with E-state index in [2.05, 4.69) is 20.3 Å². The van der Waals surface area contributed by atoms with E-state index in [1.165, 1.54) is 5.56 Å². The third kappa shape index (κ3) is 1.89. The van der Waals surface area contributed by atoms with E-state index in [0.717, 1.165) is 30.2 Å². The first-order valence-electron chi connectivity index (χ1n) is 4.89. The molecule has 2 aromatic rings. The summed E-state index contributed by atoms with van der Waals surface area (Å²) < 4.78 is 0. The average Bonchev–Trinajstić information content (AvgIpc) is 2.77. The Morgan fingerprint density at radius 3 is 2.75 bits per heavy atom. The summed E-state index contributed by atoms with van der Waals surface area (Å²) in [5, 5.41) is 3.25. The summed E-state index contributed by atoms with van der Waals surface area (Å²) in [6, 6.07) is 3.84. The SMILES string of the molecule is Cl.c1cc(-c2ncc3c(n2)CNC3)ccn1. The highest BCUT2D eigenvalue weighted by molar-refractivity contribution is 5.85. The Hall–Kier alpha value is -1.52. The third-order valence-corrected chi connectivity index (χ3v) is 2.50. The summed E-state index contributed by atoms with van der Waals surface area (Å²) in [6.07, 6.45) is 5.41. The number of nitrogens with one attached hydrogen (secondary N) is 1. The maximum absolute atomic E-state index is 4.52. The lowest BCUT2D eigenvalue weighted by Gasteiger charge is -2.01. The summed E-state index contributed by atoms with van der Waals surface area (Å²) in [4.78, 5) is 12.8. The maximum Gasteiger partial charge on any atom is 0.159 e. The molecule has 0 bridgehead atoms. The monoisotopic (exact) mass is 234 g/mol. The van der Waals surface area contributed by atoms with Crippen molar-refractivity contribution < 1.29 is 0 Å². The van der Waals surface area contributed by atoms with Crippen LogP contribution in [-0.2, 0) is 13.1 Å². The molecule has 0 saturated carbocycles. The minimum atomic E-state index is 0. The first-order valence-corrected chi connectivity index (χ1v) is 4.89. The summed E-state index contributed by atoms with van der Waals surface area (Å²) >= 11 is 0. The number of nitrogens with zero attached hydrogens (tertiary/aromatic N) is 3. The van der Waals surface area contributed by atoms with Gasteiger partial charge in [-0.05, 0) is 12.1 Å². The van der Waals surface area contributed by atoms with Gasteiger partial charge in [-0.15, -0.1) is 12.4 Å². The molecule has 5 heteroatoms. The molecule has 1 aliphatic rings. The van der Waals surface area contributed by atoms with Gasteiger partial charge < -0.3 is 5.32 Å². The minimum Gasteiger partial charge on any atom is -0.307 e. The molecule has 0 fully saturated rings. The van der Waals surface area contributed by atoms with Crippen LogP contribution in [0.2, 0.25) is 0 Å². The van der Waals surface area contributed by atoms with Crippen LogP contribution in [0.25, 0.3) is 11.4 Å². The number of aromatic nitrogens is 3. The molecule has 1 aliphatic heterocycles. The van der Waals surface area contributed by atoms with E-state index in [0.29, 0.717) is 0 Å². The molecule has 4 nitrogen and oxygen atoms in total. The van der Waals surface area contributed by atoms with Gasteiger partial charge in [0, 0.05) is 42.8 Å². The molecule has 3 rings (SSSR count). The number of halogens is 1. The predicted octanol–water partition coefficient (Wildman–Crippen LogP) is 1.56. The Bertz CT molecular complexity index is 487. The molecule has 0 atom stereocenters. The van der Waals surface area contributed by atoms with Crippen LogP contribution < -0.4 is 5.32 Å². The number of hydrogen-bond donors (Lipinski definition) is 1. The lowest BCUT2D eigenvalue weighted by molar-refractivity contribution is 0.758. The van der Waals surface area contributed by atoms with Gasteiger partial charge in [-0.2, -0.15) is 0 Å². The maximum atomic E-state index is 4.52. The van der Waals surface area contributed by atoms with Gasteiger partial charge in [-0.3, -0.25) is 4.98 Å². The van der Waals surface area contributed by atoms with E-state index in [1.807, 2.05) is 18.3 Å². The van der Waals surface area contributed by atoms with E-state index in [9.17, 15) is 0 Å². The van der Waals surface area contributed by atoms with Gasteiger partial charge in [0.15, 0.2) is 5.82 Å². The van der Waals surface area contributed by atoms with Gasteiger partial charge in [0.25, 0.3) is 0 Å². The zero-order valence-corrected chi connectivity index (χ0v) is 9.37. The number of fused-ring (bicyclic) bond motifs is 1. The second-order valence-electron chi connectivity index (χ2n) is 3.50. The molecule has 82 valence electrons. The minimum absolute atomic E-state index is 0. The van der Waals surface area contributed by atoms with Crippen molar-refractivity contribution in [3.8, 4) is 11.4 Å². The lowest BCUT2D eigenvalue weighted by atomic mass is 10.2. The van der Waals surface area contributed by atoms with Gasteiger partial charge >= 0.3 is 0 Å². The first-order chi connectivity index (χ1) is 7.43. The molecule has 0 spiro atoms. The van der Waals surface area contributed by atoms with Crippen molar-refractivity contribution in [1.82, 2.24) is 20.3 Å². The smallest absolute Gasteiger partial charge is 0.159 e. The fraction of sp³-hybridized carbons (Fsp3) is 0.182. The number of hydrogen-bond acceptors (Lipinski definition) is 4. The second kappa shape index (κ2) is 4.55. The Morgan fingerprint density at radius 1 is 1.12 bits per heavy atom. The van der Waals surface area contributed by atoms with Gasteiger partial charge in [0.2, 0.25) is 0 Å². The molecule has 16 heavy (non-hydrogen) atoms. The van der Waals surface area contributed by atoms with Gasteiger partial charge in [0.1, 0.15) is 0 Å². The quantitative estimate of drug-likeness (QED) is 0.814. The van der Waals surface area contributed by atoms with Crippen molar-refractivity contribution in [2.75, 3.05) is 0 Å². The molecule has 2 aromatic heterocycles. The average molecular weight is 235 g/mol. The van der Waals surface area contributed by atoms with E-state index in [1.54, 1.807) is 12.4 Å². The highest BCUT2D eigenvalue weighted by Gasteiger charge is 2.13. The summed E-state index contributed by atoms with van der Waals surface area (Å²) in [6.45, 7) is 1.72. The molecule has 0 aliphatic carbocycles. The van der Waals surface area contributed by atoms with E-state index in [4.69, 9.17) is 0 Å². The van der Waals surface area contributed by atoms with Crippen molar-refractivity contribution in [3.63, 3.8) is 0 Å². The Kier molecular flexibility index (Phi) is 3.12. The van der Waals surface area contributed by atoms with E-state index < -0.39 is 0 Å². The molecule has 1 N–H and O–H groups in total. The number of pyridine rings is 1. The molecular formula is C11H11ClN4. The molecule has 0 unspecified atom stereocenters. The normalized spacial score (nSPS) is 13.0. The molecule has 0 amide bonds. The number of rotatable bonds is 1. The van der Waals surface area contributed by atoms with Crippen molar-refractivity contribution in [2.45, 2.75) is 13.1 Å². The fourth-order valence-corrected chi connectivity index (χ4v) is 1.70. The van der Waals surface area contributed by atoms with Crippen LogP contribution in [-0.4, -0.2) is 15.0 Å². The zero-order valence-electron chi connectivity index (χ0n) is 8.55. The van der Waals surface area contributed by atoms with Crippen LogP contribution in [0.4, 0.5) is 0 Å². The van der Waals surface area contributed by atoms with E-state index >= 15 is 0 Å². The van der Waals surface area contributed by atoms with Crippen molar-refractivity contribution >= 4 is 12.4 Å². The molecular weight excluding hydrogens is 224 g/mol. The van der Waals surface area contributed by atoms with Crippen LogP contribution in [0, 0.1) is 0 Å². The molecule has 0 aromatic carbocycles. The van der Waals surface area contributed by atoms with Crippen LogP contribution in [0.5, 0.6) is 0 Å². The standard InChI is InChI=1S/C11H10N4.ClH/c1-3-12-4-2-8(1)11-14-6-9-5-13-7-10(9)15-11;/h1-4,6,13H,5,7H2;1H. The van der Waals surface area contributed by atoms with Gasteiger partial charge in [0.05, 0.1) is 5.69 Å². The van der Waals surface area contributed by atoms with Crippen LogP contribution >= 0.6 is 12.4 Å². The van der Waals surface area contributed by atoms with Gasteiger partial charge in [-0.25, -0.2) is 9.97 Å². The largest absolute Gasteiger partial charge is 0.307 e. The van der Waals surface area contributed by atoms with Crippen molar-refractivity contribution in [3.05, 3.63) is 42.0 Å². The lowest BCUT2D eigenvalue weighted by Crippen LogP contribution is -2.00. The highest BCUT2D eigenvalue weighted by Crippen LogP contribution is 2.17. The highest BCUT2D eigenvalue weighted by atomic mass is 35.5. The van der Waals surface area contributed by atoms with Gasteiger partial charge in [-0.1, -0.05) is 0 Å².